The number of hydrogen-bond donors (Lipinski definition) is 2. The fourth-order valence-electron chi connectivity index (χ4n) is 1.85. The molecule has 1 heterocycles. The number of nitrogens with zero attached hydrogens (tertiary/aromatic N) is 2. The number of aryl methyl sites for hydroxylation is 1. The van der Waals surface area contributed by atoms with Crippen molar-refractivity contribution in [2.75, 3.05) is 11.9 Å². The van der Waals surface area contributed by atoms with E-state index in [1.807, 2.05) is 19.1 Å². The van der Waals surface area contributed by atoms with Gasteiger partial charge in [0.25, 0.3) is 0 Å². The second-order valence-corrected chi connectivity index (χ2v) is 4.46. The number of rotatable bonds is 6. The predicted octanol–water partition coefficient (Wildman–Crippen LogP) is 3.38. The molecule has 0 spiro atoms. The molecule has 0 saturated heterocycles. The first-order valence-corrected chi connectivity index (χ1v) is 6.53. The molecule has 0 fully saturated rings. The standard InChI is InChI=1S/C14H20N4/c1-3-4-5-9-15-13-8-6-7-12(10-13)14-16-11(2)17-18-14/h6-8,10,15H,3-5,9H2,1-2H3,(H,16,17,18). The summed E-state index contributed by atoms with van der Waals surface area (Å²) in [4.78, 5) is 4.34. The first kappa shape index (κ1) is 12.6. The van der Waals surface area contributed by atoms with Gasteiger partial charge < -0.3 is 5.32 Å². The molecule has 0 aliphatic rings. The Balaban J connectivity index is 2.01. The summed E-state index contributed by atoms with van der Waals surface area (Å²) >= 11 is 0. The minimum absolute atomic E-state index is 0.754. The lowest BCUT2D eigenvalue weighted by Gasteiger charge is -2.06. The Kier molecular flexibility index (Phi) is 4.34. The molecule has 18 heavy (non-hydrogen) atoms. The van der Waals surface area contributed by atoms with E-state index in [4.69, 9.17) is 0 Å². The second-order valence-electron chi connectivity index (χ2n) is 4.46. The van der Waals surface area contributed by atoms with E-state index in [9.17, 15) is 0 Å². The summed E-state index contributed by atoms with van der Waals surface area (Å²) in [5.74, 6) is 1.59. The van der Waals surface area contributed by atoms with E-state index in [-0.39, 0.29) is 0 Å². The van der Waals surface area contributed by atoms with Crippen molar-refractivity contribution in [3.05, 3.63) is 30.1 Å². The van der Waals surface area contributed by atoms with E-state index in [1.54, 1.807) is 0 Å². The maximum atomic E-state index is 4.34. The number of aromatic amines is 1. The lowest BCUT2D eigenvalue weighted by atomic mass is 10.2. The molecule has 0 bridgehead atoms. The van der Waals surface area contributed by atoms with Gasteiger partial charge in [-0.3, -0.25) is 5.10 Å². The number of benzene rings is 1. The Labute approximate surface area is 108 Å². The molecule has 2 rings (SSSR count). The van der Waals surface area contributed by atoms with Crippen molar-refractivity contribution in [1.82, 2.24) is 15.2 Å². The topological polar surface area (TPSA) is 53.6 Å². The van der Waals surface area contributed by atoms with Gasteiger partial charge in [0.05, 0.1) is 0 Å². The summed E-state index contributed by atoms with van der Waals surface area (Å²) in [5, 5.41) is 10.5. The summed E-state index contributed by atoms with van der Waals surface area (Å²) in [6, 6.07) is 8.23. The van der Waals surface area contributed by atoms with Gasteiger partial charge in [0, 0.05) is 17.8 Å². The smallest absolute Gasteiger partial charge is 0.181 e. The van der Waals surface area contributed by atoms with Crippen molar-refractivity contribution in [2.24, 2.45) is 0 Å². The van der Waals surface area contributed by atoms with Gasteiger partial charge in [-0.15, -0.1) is 0 Å². The highest BCUT2D eigenvalue weighted by molar-refractivity contribution is 5.62. The highest BCUT2D eigenvalue weighted by atomic mass is 15.2. The van der Waals surface area contributed by atoms with Gasteiger partial charge in [0.1, 0.15) is 5.82 Å². The Bertz CT molecular complexity index is 490. The van der Waals surface area contributed by atoms with Crippen molar-refractivity contribution in [3.8, 4) is 11.4 Å². The molecule has 0 aliphatic heterocycles. The van der Waals surface area contributed by atoms with Crippen molar-refractivity contribution >= 4 is 5.69 Å². The largest absolute Gasteiger partial charge is 0.385 e. The van der Waals surface area contributed by atoms with Gasteiger partial charge >= 0.3 is 0 Å². The molecule has 0 aliphatic carbocycles. The van der Waals surface area contributed by atoms with E-state index in [0.717, 1.165) is 29.4 Å². The Hall–Kier alpha value is -1.84. The summed E-state index contributed by atoms with van der Waals surface area (Å²) in [5.41, 5.74) is 2.17. The molecular formula is C14H20N4. The molecule has 0 saturated carbocycles. The van der Waals surface area contributed by atoms with E-state index in [0.29, 0.717) is 0 Å². The van der Waals surface area contributed by atoms with Crippen LogP contribution in [0, 0.1) is 6.92 Å². The van der Waals surface area contributed by atoms with Crippen LogP contribution in [0.5, 0.6) is 0 Å². The first-order chi connectivity index (χ1) is 8.79. The average Bonchev–Trinajstić information content (AvgIpc) is 2.82. The minimum Gasteiger partial charge on any atom is -0.385 e. The zero-order valence-electron chi connectivity index (χ0n) is 11.0. The van der Waals surface area contributed by atoms with E-state index in [2.05, 4.69) is 39.6 Å². The third-order valence-electron chi connectivity index (χ3n) is 2.83. The fraction of sp³-hybridized carbons (Fsp3) is 0.429. The van der Waals surface area contributed by atoms with Crippen LogP contribution in [-0.2, 0) is 0 Å². The molecule has 0 unspecified atom stereocenters. The Morgan fingerprint density at radius 3 is 2.89 bits per heavy atom. The Morgan fingerprint density at radius 1 is 1.28 bits per heavy atom. The monoisotopic (exact) mass is 244 g/mol. The van der Waals surface area contributed by atoms with Crippen LogP contribution in [0.25, 0.3) is 11.4 Å². The third kappa shape index (κ3) is 3.32. The van der Waals surface area contributed by atoms with Gasteiger partial charge in [-0.05, 0) is 25.5 Å². The van der Waals surface area contributed by atoms with Crippen LogP contribution in [0.3, 0.4) is 0 Å². The van der Waals surface area contributed by atoms with Crippen LogP contribution in [-0.4, -0.2) is 21.7 Å². The highest BCUT2D eigenvalue weighted by Gasteiger charge is 2.03. The van der Waals surface area contributed by atoms with Crippen LogP contribution in [0.1, 0.15) is 32.0 Å². The summed E-state index contributed by atoms with van der Waals surface area (Å²) in [7, 11) is 0. The zero-order valence-corrected chi connectivity index (χ0v) is 11.0. The van der Waals surface area contributed by atoms with Crippen LogP contribution in [0.4, 0.5) is 5.69 Å². The van der Waals surface area contributed by atoms with Crippen molar-refractivity contribution in [3.63, 3.8) is 0 Å². The van der Waals surface area contributed by atoms with Gasteiger partial charge in [-0.25, -0.2) is 4.98 Å². The highest BCUT2D eigenvalue weighted by Crippen LogP contribution is 2.19. The number of nitrogens with one attached hydrogen (secondary N) is 2. The van der Waals surface area contributed by atoms with Gasteiger partial charge in [0.15, 0.2) is 5.82 Å². The van der Waals surface area contributed by atoms with Gasteiger partial charge in [-0.1, -0.05) is 31.9 Å². The third-order valence-corrected chi connectivity index (χ3v) is 2.83. The first-order valence-electron chi connectivity index (χ1n) is 6.53. The van der Waals surface area contributed by atoms with Gasteiger partial charge in [0.2, 0.25) is 0 Å². The van der Waals surface area contributed by atoms with Crippen LogP contribution in [0.15, 0.2) is 24.3 Å². The van der Waals surface area contributed by atoms with Crippen molar-refractivity contribution < 1.29 is 0 Å². The van der Waals surface area contributed by atoms with Crippen molar-refractivity contribution in [2.45, 2.75) is 33.1 Å². The average molecular weight is 244 g/mol. The number of aromatic nitrogens is 3. The normalized spacial score (nSPS) is 10.6. The molecule has 4 heteroatoms. The lowest BCUT2D eigenvalue weighted by molar-refractivity contribution is 0.744. The quantitative estimate of drug-likeness (QED) is 0.766. The number of hydrogen-bond acceptors (Lipinski definition) is 3. The molecule has 2 aromatic rings. The lowest BCUT2D eigenvalue weighted by Crippen LogP contribution is -2.01. The minimum atomic E-state index is 0.754. The maximum Gasteiger partial charge on any atom is 0.181 e. The second kappa shape index (κ2) is 6.19. The van der Waals surface area contributed by atoms with Crippen LogP contribution >= 0.6 is 0 Å². The number of H-pyrrole nitrogens is 1. The molecule has 96 valence electrons. The molecular weight excluding hydrogens is 224 g/mol. The summed E-state index contributed by atoms with van der Waals surface area (Å²) in [6.45, 7) is 5.14. The van der Waals surface area contributed by atoms with Gasteiger partial charge in [-0.2, -0.15) is 5.10 Å². The molecule has 4 nitrogen and oxygen atoms in total. The van der Waals surface area contributed by atoms with Crippen molar-refractivity contribution in [1.29, 1.82) is 0 Å². The zero-order chi connectivity index (χ0) is 12.8. The molecule has 2 N–H and O–H groups in total. The van der Waals surface area contributed by atoms with E-state index in [1.165, 1.54) is 19.3 Å². The fourth-order valence-corrected chi connectivity index (χ4v) is 1.85. The number of anilines is 1. The summed E-state index contributed by atoms with van der Waals surface area (Å²) < 4.78 is 0. The molecule has 1 aromatic heterocycles. The molecule has 1 aromatic carbocycles. The molecule has 0 atom stereocenters. The molecule has 0 amide bonds. The van der Waals surface area contributed by atoms with E-state index < -0.39 is 0 Å². The summed E-state index contributed by atoms with van der Waals surface area (Å²) in [6.07, 6.45) is 3.73. The Morgan fingerprint density at radius 2 is 2.17 bits per heavy atom. The van der Waals surface area contributed by atoms with E-state index >= 15 is 0 Å². The predicted molar refractivity (Wildman–Crippen MR) is 74.6 cm³/mol. The SMILES string of the molecule is CCCCCNc1cccc(-c2n[nH]c(C)n2)c1. The van der Waals surface area contributed by atoms with Crippen LogP contribution in [0.2, 0.25) is 0 Å². The van der Waals surface area contributed by atoms with Crippen LogP contribution < -0.4 is 5.32 Å². The maximum absolute atomic E-state index is 4.34. The number of unbranched alkanes of at least 4 members (excludes halogenated alkanes) is 2. The molecule has 0 radical (unpaired) electrons.